The van der Waals surface area contributed by atoms with Gasteiger partial charge in [0.2, 0.25) is 11.8 Å². The molecule has 3 aromatic rings. The number of aromatic hydroxyl groups is 1. The van der Waals surface area contributed by atoms with Crippen LogP contribution in [0.5, 0.6) is 5.75 Å². The second-order valence-corrected chi connectivity index (χ2v) is 13.1. The Labute approximate surface area is 267 Å². The number of nitrogens with two attached hydrogens (primary N) is 1. The van der Waals surface area contributed by atoms with Crippen molar-refractivity contribution in [3.05, 3.63) is 106 Å². The SMILES string of the molecule is Cc1ccc(NN2C(=O)[C@@H]3C[C@@H]4C(=CC[C@@H]5C(=O)N(C(N)=O)C(=O)[C@@H]54)[C@H](c4cc(Br)ccc4O)[C@]3(c3ccccc3)C2=O)cc1. The number of fused-ring (bicyclic) bond motifs is 4. The number of phenols is 1. The Hall–Kier alpha value is -4.77. The molecule has 2 aliphatic carbocycles. The van der Waals surface area contributed by atoms with Gasteiger partial charge in [0.15, 0.2) is 0 Å². The molecular formula is C34H29BrN4O6. The normalized spacial score (nSPS) is 28.8. The predicted octanol–water partition coefficient (Wildman–Crippen LogP) is 4.53. The standard InChI is InChI=1S/C34H29BrN4O6/c1-17-7-10-20(11-8-17)37-39-30(42)25-16-23-21(12-13-22-27(23)31(43)38(29(22)41)33(36)45)28(24-15-19(35)9-14-26(24)40)34(25,32(39)44)18-5-3-2-4-6-18/h2-12,14-15,22-23,25,27-28,37,40H,13,16H2,1H3,(H2,36,45)/t22-,23+,25-,27-,28+,34+/m0/s1. The second-order valence-electron chi connectivity index (χ2n) is 12.1. The van der Waals surface area contributed by atoms with Gasteiger partial charge in [0.1, 0.15) is 5.75 Å². The molecule has 0 bridgehead atoms. The molecule has 6 atom stereocenters. The minimum Gasteiger partial charge on any atom is -0.508 e. The van der Waals surface area contributed by atoms with E-state index in [2.05, 4.69) is 21.4 Å². The highest BCUT2D eigenvalue weighted by atomic mass is 79.9. The fourth-order valence-corrected chi connectivity index (χ4v) is 8.44. The van der Waals surface area contributed by atoms with Gasteiger partial charge in [-0.2, -0.15) is 9.91 Å². The van der Waals surface area contributed by atoms with Gasteiger partial charge < -0.3 is 10.8 Å². The molecule has 2 heterocycles. The first-order valence-electron chi connectivity index (χ1n) is 14.7. The smallest absolute Gasteiger partial charge is 0.328 e. The average molecular weight is 670 g/mol. The van der Waals surface area contributed by atoms with Crippen molar-refractivity contribution in [1.82, 2.24) is 9.91 Å². The first-order valence-corrected chi connectivity index (χ1v) is 15.5. The van der Waals surface area contributed by atoms with Gasteiger partial charge in [0, 0.05) is 16.0 Å². The number of phenolic OH excluding ortho intramolecular Hbond substituents is 1. The number of hydrogen-bond donors (Lipinski definition) is 3. The Balaban J connectivity index is 1.47. The Morgan fingerprint density at radius 3 is 2.36 bits per heavy atom. The van der Waals surface area contributed by atoms with Crippen LogP contribution >= 0.6 is 15.9 Å². The number of halogens is 1. The van der Waals surface area contributed by atoms with Crippen LogP contribution in [0, 0.1) is 30.6 Å². The molecule has 3 aromatic carbocycles. The van der Waals surface area contributed by atoms with Gasteiger partial charge in [-0.05, 0) is 61.6 Å². The van der Waals surface area contributed by atoms with Crippen LogP contribution in [0.2, 0.25) is 0 Å². The van der Waals surface area contributed by atoms with Crippen LogP contribution in [0.4, 0.5) is 10.5 Å². The van der Waals surface area contributed by atoms with E-state index in [4.69, 9.17) is 5.73 Å². The fourth-order valence-electron chi connectivity index (χ4n) is 8.07. The number of nitrogens with zero attached hydrogens (tertiary/aromatic N) is 2. The lowest BCUT2D eigenvalue weighted by atomic mass is 9.49. The summed E-state index contributed by atoms with van der Waals surface area (Å²) in [7, 11) is 0. The Bertz CT molecular complexity index is 1830. The second kappa shape index (κ2) is 10.4. The highest BCUT2D eigenvalue weighted by Crippen LogP contribution is 2.65. The molecule has 0 radical (unpaired) electrons. The molecule has 0 aromatic heterocycles. The van der Waals surface area contributed by atoms with Crippen molar-refractivity contribution >= 4 is 51.3 Å². The van der Waals surface area contributed by atoms with Crippen LogP contribution in [0.15, 0.2) is 88.9 Å². The van der Waals surface area contributed by atoms with Crippen molar-refractivity contribution in [3.8, 4) is 5.75 Å². The van der Waals surface area contributed by atoms with E-state index in [0.717, 1.165) is 10.6 Å². The lowest BCUT2D eigenvalue weighted by Gasteiger charge is -2.50. The number of amides is 6. The Morgan fingerprint density at radius 2 is 1.67 bits per heavy atom. The number of rotatable bonds is 4. The molecule has 10 nitrogen and oxygen atoms in total. The van der Waals surface area contributed by atoms with Crippen molar-refractivity contribution in [3.63, 3.8) is 0 Å². The Morgan fingerprint density at radius 1 is 0.956 bits per heavy atom. The minimum atomic E-state index is -1.52. The number of benzene rings is 3. The lowest BCUT2D eigenvalue weighted by Crippen LogP contribution is -2.53. The number of carbonyl (C=O) groups excluding carboxylic acids is 5. The molecule has 11 heteroatoms. The number of hydrogen-bond acceptors (Lipinski definition) is 7. The van der Waals surface area contributed by atoms with Crippen LogP contribution in [0.1, 0.15) is 35.4 Å². The third kappa shape index (κ3) is 4.10. The van der Waals surface area contributed by atoms with Crippen molar-refractivity contribution in [1.29, 1.82) is 0 Å². The van der Waals surface area contributed by atoms with E-state index in [9.17, 15) is 24.3 Å². The number of hydrazine groups is 1. The highest BCUT2D eigenvalue weighted by molar-refractivity contribution is 9.10. The summed E-state index contributed by atoms with van der Waals surface area (Å²) >= 11 is 3.51. The third-order valence-corrected chi connectivity index (χ3v) is 10.4. The number of carbonyl (C=O) groups is 5. The van der Waals surface area contributed by atoms with E-state index >= 15 is 4.79 Å². The summed E-state index contributed by atoms with van der Waals surface area (Å²) in [5.74, 6) is -6.77. The quantitative estimate of drug-likeness (QED) is 0.273. The molecule has 2 saturated heterocycles. The van der Waals surface area contributed by atoms with Gasteiger partial charge in [0.05, 0.1) is 28.9 Å². The van der Waals surface area contributed by atoms with Crippen LogP contribution in [-0.2, 0) is 24.6 Å². The number of imide groups is 4. The van der Waals surface area contributed by atoms with Crippen LogP contribution in [-0.4, -0.2) is 44.7 Å². The molecule has 7 rings (SSSR count). The zero-order chi connectivity index (χ0) is 31.8. The van der Waals surface area contributed by atoms with E-state index < -0.39 is 64.7 Å². The van der Waals surface area contributed by atoms with Crippen molar-refractivity contribution in [2.45, 2.75) is 31.1 Å². The largest absolute Gasteiger partial charge is 0.508 e. The molecule has 45 heavy (non-hydrogen) atoms. The molecule has 4 N–H and O–H groups in total. The molecule has 0 unspecified atom stereocenters. The molecule has 4 aliphatic rings. The summed E-state index contributed by atoms with van der Waals surface area (Å²) in [6, 6.07) is 20.1. The summed E-state index contributed by atoms with van der Waals surface area (Å²) < 4.78 is 0.643. The van der Waals surface area contributed by atoms with Crippen molar-refractivity contribution < 1.29 is 29.1 Å². The number of likely N-dealkylation sites (tertiary alicyclic amines) is 1. The molecule has 3 fully saturated rings. The van der Waals surface area contributed by atoms with Crippen molar-refractivity contribution in [2.24, 2.45) is 29.4 Å². The summed E-state index contributed by atoms with van der Waals surface area (Å²) in [6.07, 6.45) is 2.05. The first-order chi connectivity index (χ1) is 21.5. The number of allylic oxidation sites excluding steroid dienone is 2. The van der Waals surface area contributed by atoms with Gasteiger partial charge in [-0.1, -0.05) is 75.6 Å². The zero-order valence-corrected chi connectivity index (χ0v) is 25.7. The van der Waals surface area contributed by atoms with E-state index in [1.807, 2.05) is 31.2 Å². The Kier molecular flexibility index (Phi) is 6.70. The molecule has 6 amide bonds. The van der Waals surface area contributed by atoms with E-state index in [0.29, 0.717) is 31.8 Å². The number of nitrogens with one attached hydrogen (secondary N) is 1. The molecule has 228 valence electrons. The minimum absolute atomic E-state index is 0.0649. The molecule has 0 spiro atoms. The maximum absolute atomic E-state index is 15.0. The lowest BCUT2D eigenvalue weighted by molar-refractivity contribution is -0.139. The van der Waals surface area contributed by atoms with Gasteiger partial charge >= 0.3 is 6.03 Å². The van der Waals surface area contributed by atoms with Crippen LogP contribution in [0.25, 0.3) is 0 Å². The zero-order valence-electron chi connectivity index (χ0n) is 24.1. The van der Waals surface area contributed by atoms with E-state index in [1.54, 1.807) is 48.5 Å². The molecule has 1 saturated carbocycles. The number of aryl methyl sites for hydroxylation is 1. The average Bonchev–Trinajstić information content (AvgIpc) is 3.41. The summed E-state index contributed by atoms with van der Waals surface area (Å²) in [5, 5.41) is 12.4. The molecular weight excluding hydrogens is 640 g/mol. The van der Waals surface area contributed by atoms with Crippen molar-refractivity contribution in [2.75, 3.05) is 5.43 Å². The third-order valence-electron chi connectivity index (χ3n) is 9.91. The van der Waals surface area contributed by atoms with Gasteiger partial charge in [-0.15, -0.1) is 0 Å². The van der Waals surface area contributed by atoms with Crippen LogP contribution in [0.3, 0.4) is 0 Å². The van der Waals surface area contributed by atoms with Gasteiger partial charge in [-0.25, -0.2) is 4.79 Å². The topological polar surface area (TPSA) is 150 Å². The predicted molar refractivity (Wildman–Crippen MR) is 166 cm³/mol. The number of anilines is 1. The summed E-state index contributed by atoms with van der Waals surface area (Å²) in [4.78, 5) is 69.1. The number of urea groups is 1. The highest BCUT2D eigenvalue weighted by Gasteiger charge is 2.70. The number of primary amides is 1. The monoisotopic (exact) mass is 668 g/mol. The maximum Gasteiger partial charge on any atom is 0.328 e. The first kappa shape index (κ1) is 29.0. The summed E-state index contributed by atoms with van der Waals surface area (Å²) in [5.41, 5.74) is 10.2. The van der Waals surface area contributed by atoms with Gasteiger partial charge in [-0.3, -0.25) is 24.6 Å². The fraction of sp³-hybridized carbons (Fsp3) is 0.265. The molecule has 2 aliphatic heterocycles. The summed E-state index contributed by atoms with van der Waals surface area (Å²) in [6.45, 7) is 1.93. The van der Waals surface area contributed by atoms with E-state index in [1.165, 1.54) is 6.07 Å². The van der Waals surface area contributed by atoms with Gasteiger partial charge in [0.25, 0.3) is 11.8 Å². The van der Waals surface area contributed by atoms with Crippen LogP contribution < -0.4 is 11.2 Å². The maximum atomic E-state index is 15.0. The van der Waals surface area contributed by atoms with E-state index in [-0.39, 0.29) is 18.6 Å².